The van der Waals surface area contributed by atoms with Crippen LogP contribution in [0, 0.1) is 5.92 Å². The molecule has 1 aliphatic carbocycles. The molecule has 33 heavy (non-hydrogen) atoms. The Hall–Kier alpha value is -2.64. The highest BCUT2D eigenvalue weighted by atomic mass is 16.5. The van der Waals surface area contributed by atoms with Crippen molar-refractivity contribution < 1.29 is 9.47 Å². The predicted molar refractivity (Wildman–Crippen MR) is 129 cm³/mol. The number of fused-ring (bicyclic) bond motifs is 1. The molecule has 0 bridgehead atoms. The highest BCUT2D eigenvalue weighted by Crippen LogP contribution is 2.43. The van der Waals surface area contributed by atoms with Crippen molar-refractivity contribution in [2.24, 2.45) is 5.92 Å². The molecule has 3 fully saturated rings. The summed E-state index contributed by atoms with van der Waals surface area (Å²) in [5.74, 6) is 2.17. The number of likely N-dealkylation sites (tertiary alicyclic amines) is 1. The van der Waals surface area contributed by atoms with Gasteiger partial charge in [0.05, 0.1) is 17.6 Å². The van der Waals surface area contributed by atoms with Crippen molar-refractivity contribution in [1.29, 1.82) is 0 Å². The van der Waals surface area contributed by atoms with Crippen LogP contribution in [0.15, 0.2) is 36.8 Å². The summed E-state index contributed by atoms with van der Waals surface area (Å²) >= 11 is 0. The molecule has 1 saturated carbocycles. The minimum Gasteiger partial charge on any atom is -0.491 e. The van der Waals surface area contributed by atoms with Gasteiger partial charge in [0.15, 0.2) is 0 Å². The smallest absolute Gasteiger partial charge is 0.146 e. The normalized spacial score (nSPS) is 27.4. The van der Waals surface area contributed by atoms with Gasteiger partial charge in [-0.25, -0.2) is 9.97 Å². The summed E-state index contributed by atoms with van der Waals surface area (Å²) < 4.78 is 14.3. The lowest BCUT2D eigenvalue weighted by Crippen LogP contribution is -2.43. The second-order valence-electron chi connectivity index (χ2n) is 10.0. The van der Waals surface area contributed by atoms with Crippen LogP contribution in [0.5, 0.6) is 5.75 Å². The van der Waals surface area contributed by atoms with Gasteiger partial charge >= 0.3 is 0 Å². The third kappa shape index (κ3) is 4.08. The molecule has 0 spiro atoms. The Kier molecular flexibility index (Phi) is 5.46. The summed E-state index contributed by atoms with van der Waals surface area (Å²) in [5, 5.41) is 0.939. The Labute approximate surface area is 194 Å². The molecule has 6 rings (SSSR count). The van der Waals surface area contributed by atoms with Gasteiger partial charge < -0.3 is 24.7 Å². The van der Waals surface area contributed by atoms with Crippen LogP contribution in [0.25, 0.3) is 22.2 Å². The lowest BCUT2D eigenvalue weighted by molar-refractivity contribution is 0.0265. The molecule has 7 nitrogen and oxygen atoms in total. The Morgan fingerprint density at radius 2 is 2.06 bits per heavy atom. The average Bonchev–Trinajstić information content (AvgIpc) is 3.35. The van der Waals surface area contributed by atoms with Crippen LogP contribution in [0.2, 0.25) is 0 Å². The highest BCUT2D eigenvalue weighted by Gasteiger charge is 2.34. The molecule has 2 aliphatic heterocycles. The van der Waals surface area contributed by atoms with E-state index in [4.69, 9.17) is 15.2 Å². The van der Waals surface area contributed by atoms with E-state index < -0.39 is 0 Å². The quantitative estimate of drug-likeness (QED) is 0.582. The van der Waals surface area contributed by atoms with Gasteiger partial charge in [0, 0.05) is 24.3 Å². The summed E-state index contributed by atoms with van der Waals surface area (Å²) in [6.07, 6.45) is 10.2. The number of nitrogen functional groups attached to an aromatic ring is 1. The minimum atomic E-state index is 0.178. The van der Waals surface area contributed by atoms with Crippen LogP contribution in [0.4, 0.5) is 5.82 Å². The van der Waals surface area contributed by atoms with Crippen LogP contribution >= 0.6 is 0 Å². The third-order valence-corrected chi connectivity index (χ3v) is 7.61. The summed E-state index contributed by atoms with van der Waals surface area (Å²) in [4.78, 5) is 11.5. The number of hydrogen-bond acceptors (Lipinski definition) is 6. The van der Waals surface area contributed by atoms with E-state index in [1.165, 1.54) is 38.9 Å². The molecule has 1 aromatic carbocycles. The van der Waals surface area contributed by atoms with Crippen molar-refractivity contribution in [2.75, 3.05) is 32.0 Å². The number of hydrogen-bond donors (Lipinski definition) is 1. The van der Waals surface area contributed by atoms with E-state index in [0.717, 1.165) is 46.7 Å². The second kappa shape index (κ2) is 8.61. The van der Waals surface area contributed by atoms with Gasteiger partial charge in [-0.05, 0) is 75.7 Å². The van der Waals surface area contributed by atoms with Gasteiger partial charge in [0.2, 0.25) is 0 Å². The van der Waals surface area contributed by atoms with Crippen LogP contribution in [-0.2, 0) is 4.74 Å². The van der Waals surface area contributed by atoms with Crippen molar-refractivity contribution in [3.8, 4) is 16.9 Å². The second-order valence-corrected chi connectivity index (χ2v) is 10.0. The molecule has 2 atom stereocenters. The number of rotatable bonds is 7. The number of nitrogens with zero attached hydrogens (tertiary/aromatic N) is 4. The molecule has 4 heterocycles. The SMILES string of the molecule is C[C@@H]1CC[C@H](COc2cccc(-c3cn(C4CC(CN5CCC5)C4)c4ncnc(N)c34)c2)O1. The minimum absolute atomic E-state index is 0.178. The fourth-order valence-corrected chi connectivity index (χ4v) is 5.56. The van der Waals surface area contributed by atoms with Crippen LogP contribution < -0.4 is 10.5 Å². The van der Waals surface area contributed by atoms with Crippen LogP contribution in [0.1, 0.15) is 45.1 Å². The Morgan fingerprint density at radius 3 is 2.82 bits per heavy atom. The fraction of sp³-hybridized carbons (Fsp3) is 0.538. The molecule has 0 amide bonds. The number of aromatic nitrogens is 3. The fourth-order valence-electron chi connectivity index (χ4n) is 5.56. The Morgan fingerprint density at radius 1 is 1.18 bits per heavy atom. The van der Waals surface area contributed by atoms with E-state index >= 15 is 0 Å². The number of ether oxygens (including phenoxy) is 2. The maximum atomic E-state index is 6.36. The maximum absolute atomic E-state index is 6.36. The van der Waals surface area contributed by atoms with E-state index in [1.807, 2.05) is 12.1 Å². The van der Waals surface area contributed by atoms with E-state index in [-0.39, 0.29) is 6.10 Å². The van der Waals surface area contributed by atoms with Crippen LogP contribution in [-0.4, -0.2) is 57.9 Å². The zero-order chi connectivity index (χ0) is 22.4. The molecule has 2 aromatic heterocycles. The maximum Gasteiger partial charge on any atom is 0.146 e. The van der Waals surface area contributed by atoms with Crippen molar-refractivity contribution >= 4 is 16.9 Å². The monoisotopic (exact) mass is 447 g/mol. The molecular formula is C26H33N5O2. The standard InChI is InChI=1S/C26H33N5O2/c1-17-6-7-22(33-17)15-32-21-5-2-4-19(12-21)23-14-31(26-24(23)25(27)28-16-29-26)20-10-18(11-20)13-30-8-3-9-30/h2,4-5,12,14,16-18,20,22H,3,6-11,13,15H2,1H3,(H2,27,28,29)/t17-,18?,20?,22-/m1/s1. The largest absolute Gasteiger partial charge is 0.491 e. The van der Waals surface area contributed by atoms with Gasteiger partial charge in [0.25, 0.3) is 0 Å². The summed E-state index contributed by atoms with van der Waals surface area (Å²) in [5.41, 5.74) is 9.45. The van der Waals surface area contributed by atoms with E-state index in [2.05, 4.69) is 44.7 Å². The average molecular weight is 448 g/mol. The molecule has 2 saturated heterocycles. The molecule has 0 unspecified atom stereocenters. The Balaban J connectivity index is 1.24. The third-order valence-electron chi connectivity index (χ3n) is 7.61. The van der Waals surface area contributed by atoms with E-state index in [9.17, 15) is 0 Å². The lowest BCUT2D eigenvalue weighted by Gasteiger charge is -2.42. The number of anilines is 1. The van der Waals surface area contributed by atoms with Crippen molar-refractivity contribution in [2.45, 2.75) is 57.3 Å². The molecule has 3 aromatic rings. The number of nitrogens with two attached hydrogens (primary N) is 1. The zero-order valence-corrected chi connectivity index (χ0v) is 19.3. The highest BCUT2D eigenvalue weighted by molar-refractivity contribution is 6.00. The first kappa shape index (κ1) is 20.9. The van der Waals surface area contributed by atoms with Gasteiger partial charge in [0.1, 0.15) is 30.1 Å². The first-order chi connectivity index (χ1) is 16.1. The number of benzene rings is 1. The Bertz CT molecular complexity index is 1130. The topological polar surface area (TPSA) is 78.4 Å². The molecule has 174 valence electrons. The van der Waals surface area contributed by atoms with Crippen molar-refractivity contribution in [3.05, 3.63) is 36.8 Å². The van der Waals surface area contributed by atoms with Gasteiger partial charge in [-0.3, -0.25) is 0 Å². The summed E-state index contributed by atoms with van der Waals surface area (Å²) in [7, 11) is 0. The molecule has 0 radical (unpaired) electrons. The summed E-state index contributed by atoms with van der Waals surface area (Å²) in [6.45, 7) is 6.49. The van der Waals surface area contributed by atoms with E-state index in [1.54, 1.807) is 6.33 Å². The molecule has 3 aliphatic rings. The van der Waals surface area contributed by atoms with Gasteiger partial charge in [-0.2, -0.15) is 0 Å². The van der Waals surface area contributed by atoms with Crippen molar-refractivity contribution in [1.82, 2.24) is 19.4 Å². The molecular weight excluding hydrogens is 414 g/mol. The first-order valence-electron chi connectivity index (χ1n) is 12.4. The van der Waals surface area contributed by atoms with Crippen LogP contribution in [0.3, 0.4) is 0 Å². The van der Waals surface area contributed by atoms with Crippen molar-refractivity contribution in [3.63, 3.8) is 0 Å². The molecule has 2 N–H and O–H groups in total. The predicted octanol–water partition coefficient (Wildman–Crippen LogP) is 4.28. The summed E-state index contributed by atoms with van der Waals surface area (Å²) in [6, 6.07) is 8.73. The van der Waals surface area contributed by atoms with E-state index in [0.29, 0.717) is 24.6 Å². The molecule has 7 heteroatoms. The first-order valence-corrected chi connectivity index (χ1v) is 12.4. The van der Waals surface area contributed by atoms with Gasteiger partial charge in [-0.1, -0.05) is 12.1 Å². The lowest BCUT2D eigenvalue weighted by atomic mass is 9.79. The zero-order valence-electron chi connectivity index (χ0n) is 19.3. The van der Waals surface area contributed by atoms with Gasteiger partial charge in [-0.15, -0.1) is 0 Å².